The van der Waals surface area contributed by atoms with Crippen molar-refractivity contribution in [1.29, 1.82) is 0 Å². The summed E-state index contributed by atoms with van der Waals surface area (Å²) in [6.45, 7) is 3.72. The van der Waals surface area contributed by atoms with Crippen LogP contribution in [0, 0.1) is 12.7 Å². The number of aromatic hydroxyl groups is 1. The highest BCUT2D eigenvalue weighted by Gasteiger charge is 2.33. The Labute approximate surface area is 165 Å². The molecule has 1 aliphatic rings. The molecule has 5 nitrogen and oxygen atoms in total. The molecule has 0 bridgehead atoms. The van der Waals surface area contributed by atoms with E-state index in [0.717, 1.165) is 23.4 Å². The first-order valence-corrected chi connectivity index (χ1v) is 9.35. The van der Waals surface area contributed by atoms with Crippen LogP contribution in [0.3, 0.4) is 0 Å². The summed E-state index contributed by atoms with van der Waals surface area (Å²) >= 11 is 1.04. The quantitative estimate of drug-likeness (QED) is 0.705. The largest absolute Gasteiger partial charge is 0.506 e. The van der Waals surface area contributed by atoms with Crippen molar-refractivity contribution in [1.82, 2.24) is 0 Å². The van der Waals surface area contributed by atoms with Crippen LogP contribution in [0.2, 0.25) is 0 Å². The maximum Gasteiger partial charge on any atom is 0.344 e. The number of nitrogens with zero attached hydrogens (tertiary/aromatic N) is 1. The highest BCUT2D eigenvalue weighted by molar-refractivity contribution is 8.18. The van der Waals surface area contributed by atoms with Gasteiger partial charge in [0.15, 0.2) is 11.6 Å². The SMILES string of the molecule is CCOC(=O)C1=C(O)C(=Cc2cccc(F)c2O)SC1=Nc1cccc(C)c1. The minimum absolute atomic E-state index is 0.0597. The molecule has 3 rings (SSSR count). The molecular weight excluding hydrogens is 381 g/mol. The van der Waals surface area contributed by atoms with E-state index in [1.54, 1.807) is 13.0 Å². The first kappa shape index (κ1) is 19.7. The zero-order valence-electron chi connectivity index (χ0n) is 15.3. The zero-order chi connectivity index (χ0) is 20.3. The molecule has 144 valence electrons. The number of para-hydroxylation sites is 1. The van der Waals surface area contributed by atoms with E-state index >= 15 is 0 Å². The molecule has 0 unspecified atom stereocenters. The fraction of sp³-hybridized carbons (Fsp3) is 0.143. The maximum atomic E-state index is 13.6. The van der Waals surface area contributed by atoms with Crippen molar-refractivity contribution in [2.45, 2.75) is 13.8 Å². The molecule has 1 heterocycles. The Balaban J connectivity index is 2.08. The van der Waals surface area contributed by atoms with Crippen LogP contribution in [-0.2, 0) is 9.53 Å². The topological polar surface area (TPSA) is 79.1 Å². The second-order valence-electron chi connectivity index (χ2n) is 5.99. The number of rotatable bonds is 4. The Bertz CT molecular complexity index is 1030. The lowest BCUT2D eigenvalue weighted by molar-refractivity contribution is -0.138. The van der Waals surface area contributed by atoms with Crippen LogP contribution in [0.15, 0.2) is 63.7 Å². The number of esters is 1. The number of thioether (sulfide) groups is 1. The second kappa shape index (κ2) is 8.31. The van der Waals surface area contributed by atoms with E-state index in [1.165, 1.54) is 18.2 Å². The maximum absolute atomic E-state index is 13.6. The van der Waals surface area contributed by atoms with Crippen LogP contribution in [0.4, 0.5) is 10.1 Å². The molecule has 2 aromatic carbocycles. The molecule has 28 heavy (non-hydrogen) atoms. The molecule has 7 heteroatoms. The zero-order valence-corrected chi connectivity index (χ0v) is 16.1. The van der Waals surface area contributed by atoms with Crippen LogP contribution in [0.25, 0.3) is 6.08 Å². The number of phenols is 1. The Morgan fingerprint density at radius 1 is 1.25 bits per heavy atom. The van der Waals surface area contributed by atoms with E-state index in [0.29, 0.717) is 5.69 Å². The first-order chi connectivity index (χ1) is 13.4. The first-order valence-electron chi connectivity index (χ1n) is 8.54. The molecule has 2 N–H and O–H groups in total. The number of carbonyl (C=O) groups is 1. The van der Waals surface area contributed by atoms with Crippen LogP contribution < -0.4 is 0 Å². The van der Waals surface area contributed by atoms with Gasteiger partial charge in [-0.3, -0.25) is 0 Å². The van der Waals surface area contributed by atoms with Gasteiger partial charge in [-0.25, -0.2) is 14.2 Å². The molecule has 0 atom stereocenters. The van der Waals surface area contributed by atoms with Gasteiger partial charge in [-0.1, -0.05) is 36.0 Å². The number of aliphatic imine (C=N–C) groups is 1. The van der Waals surface area contributed by atoms with Crippen molar-refractivity contribution in [2.24, 2.45) is 4.99 Å². The van der Waals surface area contributed by atoms with Crippen molar-refractivity contribution in [2.75, 3.05) is 6.61 Å². The van der Waals surface area contributed by atoms with Crippen molar-refractivity contribution < 1.29 is 24.1 Å². The Kier molecular flexibility index (Phi) is 5.84. The Morgan fingerprint density at radius 3 is 2.71 bits per heavy atom. The summed E-state index contributed by atoms with van der Waals surface area (Å²) < 4.78 is 18.6. The van der Waals surface area contributed by atoms with Gasteiger partial charge in [0.1, 0.15) is 16.4 Å². The van der Waals surface area contributed by atoms with Crippen molar-refractivity contribution in [3.63, 3.8) is 0 Å². The normalized spacial score (nSPS) is 16.8. The number of aliphatic hydroxyl groups excluding tert-OH is 1. The van der Waals surface area contributed by atoms with E-state index < -0.39 is 17.5 Å². The number of aryl methyl sites for hydroxylation is 1. The Morgan fingerprint density at radius 2 is 2.00 bits per heavy atom. The minimum atomic E-state index is -0.778. The predicted molar refractivity (Wildman–Crippen MR) is 108 cm³/mol. The molecule has 0 aromatic heterocycles. The van der Waals surface area contributed by atoms with Gasteiger partial charge >= 0.3 is 5.97 Å². The van der Waals surface area contributed by atoms with Crippen LogP contribution in [0.1, 0.15) is 18.1 Å². The number of benzene rings is 2. The van der Waals surface area contributed by atoms with Crippen molar-refractivity contribution in [3.8, 4) is 5.75 Å². The molecule has 0 radical (unpaired) electrons. The number of phenolic OH excluding ortho intramolecular Hbond substituents is 1. The molecular formula is C21H18FNO4S. The van der Waals surface area contributed by atoms with E-state index in [1.807, 2.05) is 25.1 Å². The highest BCUT2D eigenvalue weighted by atomic mass is 32.2. The number of aliphatic hydroxyl groups is 1. The standard InChI is InChI=1S/C21H18FNO4S/c1-3-27-21(26)17-19(25)16(11-13-7-5-9-15(22)18(13)24)28-20(17)23-14-8-4-6-12(2)10-14/h4-11,24-25H,3H2,1-2H3. The van der Waals surface area contributed by atoms with Gasteiger partial charge in [0.05, 0.1) is 17.2 Å². The number of halogens is 1. The van der Waals surface area contributed by atoms with E-state index in [4.69, 9.17) is 4.74 Å². The lowest BCUT2D eigenvalue weighted by Crippen LogP contribution is -2.12. The molecule has 0 saturated heterocycles. The fourth-order valence-corrected chi connectivity index (χ4v) is 3.62. The molecule has 0 spiro atoms. The van der Waals surface area contributed by atoms with Gasteiger partial charge in [0, 0.05) is 5.56 Å². The van der Waals surface area contributed by atoms with Gasteiger partial charge in [-0.05, 0) is 43.7 Å². The predicted octanol–water partition coefficient (Wildman–Crippen LogP) is 5.03. The second-order valence-corrected chi connectivity index (χ2v) is 7.02. The molecule has 0 amide bonds. The number of ether oxygens (including phenoxy) is 1. The molecule has 0 aliphatic carbocycles. The van der Waals surface area contributed by atoms with Crippen molar-refractivity contribution >= 4 is 34.5 Å². The van der Waals surface area contributed by atoms with Crippen LogP contribution in [0.5, 0.6) is 5.75 Å². The van der Waals surface area contributed by atoms with Crippen molar-refractivity contribution in [3.05, 3.63) is 75.6 Å². The summed E-state index contributed by atoms with van der Waals surface area (Å²) in [7, 11) is 0. The third kappa shape index (κ3) is 4.09. The lowest BCUT2D eigenvalue weighted by Gasteiger charge is -2.04. The fourth-order valence-electron chi connectivity index (χ4n) is 2.60. The molecule has 0 saturated carbocycles. The third-order valence-electron chi connectivity index (χ3n) is 3.91. The summed E-state index contributed by atoms with van der Waals surface area (Å²) in [5, 5.41) is 20.8. The minimum Gasteiger partial charge on any atom is -0.506 e. The number of hydrogen-bond acceptors (Lipinski definition) is 6. The van der Waals surface area contributed by atoms with Crippen LogP contribution in [-0.4, -0.2) is 27.8 Å². The average molecular weight is 399 g/mol. The summed E-state index contributed by atoms with van der Waals surface area (Å²) in [5.41, 5.74) is 1.73. The Hall–Kier alpha value is -3.06. The number of hydrogen-bond donors (Lipinski definition) is 2. The lowest BCUT2D eigenvalue weighted by atomic mass is 10.1. The molecule has 0 fully saturated rings. The van der Waals surface area contributed by atoms with Crippen LogP contribution >= 0.6 is 11.8 Å². The highest BCUT2D eigenvalue weighted by Crippen LogP contribution is 2.41. The average Bonchev–Trinajstić information content (AvgIpc) is 2.94. The van der Waals surface area contributed by atoms with E-state index in [2.05, 4.69) is 4.99 Å². The summed E-state index contributed by atoms with van der Waals surface area (Å²) in [5.74, 6) is -2.34. The summed E-state index contributed by atoms with van der Waals surface area (Å²) in [4.78, 5) is 17.1. The molecule has 2 aromatic rings. The van der Waals surface area contributed by atoms with E-state index in [9.17, 15) is 19.4 Å². The van der Waals surface area contributed by atoms with E-state index in [-0.39, 0.29) is 33.5 Å². The van der Waals surface area contributed by atoms with Gasteiger partial charge in [0.25, 0.3) is 0 Å². The summed E-state index contributed by atoms with van der Waals surface area (Å²) in [6.07, 6.45) is 1.40. The smallest absolute Gasteiger partial charge is 0.344 e. The number of carbonyl (C=O) groups excluding carboxylic acids is 1. The van der Waals surface area contributed by atoms with Gasteiger partial charge in [0.2, 0.25) is 0 Å². The van der Waals surface area contributed by atoms with Gasteiger partial charge in [-0.15, -0.1) is 0 Å². The summed E-state index contributed by atoms with van der Waals surface area (Å²) in [6, 6.07) is 11.4. The monoisotopic (exact) mass is 399 g/mol. The van der Waals surface area contributed by atoms with Gasteiger partial charge in [-0.2, -0.15) is 0 Å². The van der Waals surface area contributed by atoms with Gasteiger partial charge < -0.3 is 14.9 Å². The third-order valence-corrected chi connectivity index (χ3v) is 4.93. The molecule has 1 aliphatic heterocycles.